The van der Waals surface area contributed by atoms with Crippen molar-refractivity contribution in [2.24, 2.45) is 5.41 Å². The lowest BCUT2D eigenvalue weighted by atomic mass is 9.91. The number of carbonyl (C=O) groups is 1. The van der Waals surface area contributed by atoms with Crippen LogP contribution in [0, 0.1) is 11.2 Å². The zero-order valence-electron chi connectivity index (χ0n) is 19.7. The second-order valence-corrected chi connectivity index (χ2v) is 8.54. The number of aliphatic hydroxyl groups is 1. The number of aliphatic hydroxyl groups excluding tert-OH is 1. The fourth-order valence-electron chi connectivity index (χ4n) is 3.61. The molecule has 0 atom stereocenters. The van der Waals surface area contributed by atoms with Crippen LogP contribution < -0.4 is 10.6 Å². The zero-order valence-corrected chi connectivity index (χ0v) is 19.7. The first kappa shape index (κ1) is 24.7. The Kier molecular flexibility index (Phi) is 7.69. The van der Waals surface area contributed by atoms with Crippen LogP contribution in [0.25, 0.3) is 22.6 Å². The fraction of sp³-hybridized carbons (Fsp3) is 0.417. The Morgan fingerprint density at radius 1 is 1.20 bits per heavy atom. The minimum Gasteiger partial charge on any atom is -0.395 e. The van der Waals surface area contributed by atoms with Crippen LogP contribution in [0.2, 0.25) is 0 Å². The van der Waals surface area contributed by atoms with E-state index >= 15 is 0 Å². The highest BCUT2D eigenvalue weighted by atomic mass is 19.1. The number of halogens is 1. The highest BCUT2D eigenvalue weighted by Gasteiger charge is 2.40. The largest absolute Gasteiger partial charge is 0.395 e. The van der Waals surface area contributed by atoms with Crippen molar-refractivity contribution in [2.75, 3.05) is 38.2 Å². The molecule has 0 bridgehead atoms. The number of carbonyl (C=O) groups excluding carboxylic acids is 1. The van der Waals surface area contributed by atoms with Crippen molar-refractivity contribution in [3.05, 3.63) is 48.2 Å². The average molecular weight is 485 g/mol. The predicted octanol–water partition coefficient (Wildman–Crippen LogP) is 2.65. The summed E-state index contributed by atoms with van der Waals surface area (Å²) in [6.07, 6.45) is 1.75. The van der Waals surface area contributed by atoms with E-state index in [0.717, 1.165) is 13.0 Å². The summed E-state index contributed by atoms with van der Waals surface area (Å²) >= 11 is 0. The summed E-state index contributed by atoms with van der Waals surface area (Å²) in [7, 11) is 0. The average Bonchev–Trinajstić information content (AvgIpc) is 3.32. The summed E-state index contributed by atoms with van der Waals surface area (Å²) < 4.78 is 25.3. The maximum Gasteiger partial charge on any atom is 0.230 e. The highest BCUT2D eigenvalue weighted by Crippen LogP contribution is 2.35. The molecule has 0 spiro atoms. The van der Waals surface area contributed by atoms with Gasteiger partial charge in [-0.3, -0.25) is 4.79 Å². The molecule has 0 unspecified atom stereocenters. The van der Waals surface area contributed by atoms with Gasteiger partial charge in [-0.05, 0) is 43.7 Å². The van der Waals surface area contributed by atoms with Gasteiger partial charge in [0.05, 0.1) is 42.3 Å². The standard InChI is InChI=1S/C24H29FN6O4/c1-3-9-27-23-28-10-8-17(29-23)19-18(15-4-6-16(25)7-5-15)30-20(31-19)21-34-13-24(2,14-35-21)22(33)26-11-12-32/h4-8,10,21,32H,3,9,11-14H2,1-2H3,(H,26,33)(H,30,31)(H,27,28,29). The van der Waals surface area contributed by atoms with Crippen LogP contribution >= 0.6 is 0 Å². The van der Waals surface area contributed by atoms with Gasteiger partial charge in [-0.1, -0.05) is 6.92 Å². The Bertz CT molecular complexity index is 1150. The minimum atomic E-state index is -0.895. The molecule has 2 aromatic heterocycles. The molecule has 35 heavy (non-hydrogen) atoms. The number of hydrogen-bond acceptors (Lipinski definition) is 8. The molecule has 10 nitrogen and oxygen atoms in total. The summed E-state index contributed by atoms with van der Waals surface area (Å²) in [5.41, 5.74) is 1.55. The van der Waals surface area contributed by atoms with Gasteiger partial charge in [-0.2, -0.15) is 0 Å². The summed E-state index contributed by atoms with van der Waals surface area (Å²) in [6, 6.07) is 7.77. The second-order valence-electron chi connectivity index (χ2n) is 8.54. The predicted molar refractivity (Wildman–Crippen MR) is 127 cm³/mol. The van der Waals surface area contributed by atoms with E-state index in [9.17, 15) is 9.18 Å². The number of anilines is 1. The molecule has 4 N–H and O–H groups in total. The van der Waals surface area contributed by atoms with Crippen molar-refractivity contribution in [3.8, 4) is 22.6 Å². The Morgan fingerprint density at radius 3 is 2.63 bits per heavy atom. The topological polar surface area (TPSA) is 134 Å². The van der Waals surface area contributed by atoms with Crippen LogP contribution in [0.5, 0.6) is 0 Å². The summed E-state index contributed by atoms with van der Waals surface area (Å²) in [4.78, 5) is 29.2. The molecule has 0 aliphatic carbocycles. The maximum atomic E-state index is 13.6. The molecule has 1 amide bonds. The molecule has 4 rings (SSSR count). The van der Waals surface area contributed by atoms with Gasteiger partial charge in [-0.15, -0.1) is 0 Å². The van der Waals surface area contributed by atoms with E-state index in [1.807, 2.05) is 0 Å². The smallest absolute Gasteiger partial charge is 0.230 e. The van der Waals surface area contributed by atoms with Crippen LogP contribution in [-0.4, -0.2) is 63.9 Å². The van der Waals surface area contributed by atoms with Crippen LogP contribution in [-0.2, 0) is 14.3 Å². The number of ether oxygens (including phenoxy) is 2. The first-order valence-corrected chi connectivity index (χ1v) is 11.5. The lowest BCUT2D eigenvalue weighted by Crippen LogP contribution is -2.49. The third-order valence-electron chi connectivity index (χ3n) is 5.56. The first-order chi connectivity index (χ1) is 16.9. The van der Waals surface area contributed by atoms with Crippen molar-refractivity contribution in [1.82, 2.24) is 25.3 Å². The number of hydrogen-bond donors (Lipinski definition) is 4. The number of nitrogens with one attached hydrogen (secondary N) is 3. The SMILES string of the molecule is CCCNc1nccc(-c2[nH]c(C3OCC(C)(C(=O)NCCO)CO3)nc2-c2ccc(F)cc2)n1. The first-order valence-electron chi connectivity index (χ1n) is 11.5. The van der Waals surface area contributed by atoms with Gasteiger partial charge in [0.25, 0.3) is 0 Å². The van der Waals surface area contributed by atoms with Crippen molar-refractivity contribution in [2.45, 2.75) is 26.6 Å². The molecule has 1 aliphatic heterocycles. The number of aromatic nitrogens is 4. The van der Waals surface area contributed by atoms with Gasteiger partial charge in [0.1, 0.15) is 5.82 Å². The molecule has 1 saturated heterocycles. The number of amides is 1. The number of rotatable bonds is 9. The van der Waals surface area contributed by atoms with Gasteiger partial charge in [0.2, 0.25) is 18.1 Å². The van der Waals surface area contributed by atoms with Crippen LogP contribution in [0.4, 0.5) is 10.3 Å². The van der Waals surface area contributed by atoms with E-state index in [1.54, 1.807) is 31.3 Å². The molecule has 3 aromatic rings. The molecule has 11 heteroatoms. The van der Waals surface area contributed by atoms with Crippen molar-refractivity contribution in [1.29, 1.82) is 0 Å². The van der Waals surface area contributed by atoms with Crippen LogP contribution in [0.15, 0.2) is 36.5 Å². The van der Waals surface area contributed by atoms with Gasteiger partial charge >= 0.3 is 0 Å². The highest BCUT2D eigenvalue weighted by molar-refractivity contribution is 5.82. The summed E-state index contributed by atoms with van der Waals surface area (Å²) in [5, 5.41) is 14.8. The monoisotopic (exact) mass is 484 g/mol. The number of H-pyrrole nitrogens is 1. The lowest BCUT2D eigenvalue weighted by Gasteiger charge is -2.35. The number of nitrogens with zero attached hydrogens (tertiary/aromatic N) is 3. The number of benzene rings is 1. The van der Waals surface area contributed by atoms with Gasteiger partial charge in [0, 0.05) is 24.8 Å². The molecular weight excluding hydrogens is 455 g/mol. The van der Waals surface area contributed by atoms with E-state index in [-0.39, 0.29) is 38.1 Å². The Morgan fingerprint density at radius 2 is 1.94 bits per heavy atom. The fourth-order valence-corrected chi connectivity index (χ4v) is 3.61. The quantitative estimate of drug-likeness (QED) is 0.364. The summed E-state index contributed by atoms with van der Waals surface area (Å²) in [6.45, 7) is 4.75. The third kappa shape index (κ3) is 5.64. The molecule has 1 aliphatic rings. The summed E-state index contributed by atoms with van der Waals surface area (Å²) in [5.74, 6) is 0.279. The third-order valence-corrected chi connectivity index (χ3v) is 5.56. The van der Waals surface area contributed by atoms with E-state index in [2.05, 4.69) is 32.5 Å². The van der Waals surface area contributed by atoms with E-state index in [0.29, 0.717) is 34.4 Å². The molecule has 3 heterocycles. The van der Waals surface area contributed by atoms with Crippen molar-refractivity contribution < 1.29 is 23.8 Å². The maximum absolute atomic E-state index is 13.6. The number of imidazole rings is 1. The van der Waals surface area contributed by atoms with E-state index < -0.39 is 11.7 Å². The Labute approximate surface area is 202 Å². The van der Waals surface area contributed by atoms with Gasteiger partial charge in [-0.25, -0.2) is 19.3 Å². The Hall–Kier alpha value is -3.41. The molecule has 0 radical (unpaired) electrons. The van der Waals surface area contributed by atoms with Crippen LogP contribution in [0.1, 0.15) is 32.4 Å². The zero-order chi connectivity index (χ0) is 24.8. The van der Waals surface area contributed by atoms with Crippen molar-refractivity contribution >= 4 is 11.9 Å². The molecule has 186 valence electrons. The van der Waals surface area contributed by atoms with E-state index in [1.165, 1.54) is 12.1 Å². The van der Waals surface area contributed by atoms with Crippen LogP contribution in [0.3, 0.4) is 0 Å². The molecule has 1 aromatic carbocycles. The Balaban J connectivity index is 1.62. The molecular formula is C24H29FN6O4. The van der Waals surface area contributed by atoms with Crippen molar-refractivity contribution in [3.63, 3.8) is 0 Å². The normalized spacial score (nSPS) is 19.9. The minimum absolute atomic E-state index is 0.107. The van der Waals surface area contributed by atoms with Gasteiger partial charge < -0.3 is 30.2 Å². The molecule has 1 fully saturated rings. The van der Waals surface area contributed by atoms with E-state index in [4.69, 9.17) is 19.6 Å². The molecule has 0 saturated carbocycles. The van der Waals surface area contributed by atoms with Gasteiger partial charge in [0.15, 0.2) is 5.82 Å². The lowest BCUT2D eigenvalue weighted by molar-refractivity contribution is -0.231. The second kappa shape index (κ2) is 10.9. The number of aromatic amines is 1.